The summed E-state index contributed by atoms with van der Waals surface area (Å²) >= 11 is 0. The number of pyridine rings is 2. The van der Waals surface area contributed by atoms with Crippen LogP contribution >= 0.6 is 12.4 Å². The fraction of sp³-hybridized carbons (Fsp3) is 0.235. The Morgan fingerprint density at radius 3 is 2.60 bits per heavy atom. The molecule has 1 saturated carbocycles. The maximum atomic E-state index is 14.1. The molecule has 6 rings (SSSR count). The van der Waals surface area contributed by atoms with Crippen molar-refractivity contribution in [3.63, 3.8) is 0 Å². The molecule has 2 N–H and O–H groups in total. The van der Waals surface area contributed by atoms with Gasteiger partial charge < -0.3 is 5.32 Å². The summed E-state index contributed by atoms with van der Waals surface area (Å²) in [5.41, 5.74) is 5.10. The van der Waals surface area contributed by atoms with Gasteiger partial charge in [0.25, 0.3) is 0 Å². The van der Waals surface area contributed by atoms with Crippen molar-refractivity contribution in [2.24, 2.45) is 0 Å². The predicted octanol–water partition coefficient (Wildman–Crippen LogP) is 6.52. The molecule has 218 valence electrons. The molecule has 3 aromatic heterocycles. The first kappa shape index (κ1) is 29.7. The highest BCUT2D eigenvalue weighted by atomic mass is 35.5. The zero-order valence-electron chi connectivity index (χ0n) is 23.4. The maximum Gasteiger partial charge on any atom is 0.347 e. The molecule has 43 heavy (non-hydrogen) atoms. The maximum absolute atomic E-state index is 14.1. The molecule has 0 saturated heterocycles. The summed E-state index contributed by atoms with van der Waals surface area (Å²) < 4.78 is 15.6. The van der Waals surface area contributed by atoms with Gasteiger partial charge in [-0.1, -0.05) is 54.6 Å². The Morgan fingerprint density at radius 2 is 1.91 bits per heavy atom. The van der Waals surface area contributed by atoms with Crippen LogP contribution in [0.15, 0.2) is 89.9 Å². The van der Waals surface area contributed by atoms with Crippen LogP contribution in [0.1, 0.15) is 44.1 Å². The normalized spacial score (nSPS) is 14.6. The standard InChI is InChI=1S/C34H30FN5O2.ClH/c1-2-3-5-11-26(35)16-17-30(41)37-34(19-8-20-34)25-14-12-24(13-15-25)31-27(23-9-6-4-7-10-23)22-28-29(36-31)18-21-40-32(28)38-39-33(40)42;/h1,4,6-7,9-10,12-18,21-22,26H,3,5,8,11,19-20H2,(H,37,41)(H,39,42);1H/b17-16+;. The van der Waals surface area contributed by atoms with E-state index >= 15 is 0 Å². The number of terminal acetylenes is 1. The van der Waals surface area contributed by atoms with Crippen LogP contribution in [0.4, 0.5) is 4.39 Å². The number of fused-ring (bicyclic) bond motifs is 3. The quantitative estimate of drug-likeness (QED) is 0.115. The average molecular weight is 596 g/mol. The molecule has 1 amide bonds. The summed E-state index contributed by atoms with van der Waals surface area (Å²) in [5, 5.41) is 10.6. The number of unbranched alkanes of at least 4 members (excludes halogenated alkanes) is 1. The number of nitrogens with one attached hydrogen (secondary N) is 2. The predicted molar refractivity (Wildman–Crippen MR) is 170 cm³/mol. The Bertz CT molecular complexity index is 1890. The van der Waals surface area contributed by atoms with Crippen LogP contribution in [-0.4, -0.2) is 31.7 Å². The minimum absolute atomic E-state index is 0. The summed E-state index contributed by atoms with van der Waals surface area (Å²) in [5.74, 6) is 2.20. The van der Waals surface area contributed by atoms with Crippen LogP contribution in [-0.2, 0) is 10.3 Å². The van der Waals surface area contributed by atoms with Crippen molar-refractivity contribution >= 4 is 34.9 Å². The van der Waals surface area contributed by atoms with Gasteiger partial charge in [0.1, 0.15) is 6.17 Å². The van der Waals surface area contributed by atoms with E-state index in [0.29, 0.717) is 24.9 Å². The van der Waals surface area contributed by atoms with Crippen molar-refractivity contribution in [3.8, 4) is 34.7 Å². The van der Waals surface area contributed by atoms with Crippen molar-refractivity contribution in [2.45, 2.75) is 50.2 Å². The number of aromatic nitrogens is 4. The summed E-state index contributed by atoms with van der Waals surface area (Å²) in [7, 11) is 0. The van der Waals surface area contributed by atoms with Gasteiger partial charge in [-0.3, -0.25) is 4.79 Å². The molecule has 1 atom stereocenters. The number of benzene rings is 2. The summed E-state index contributed by atoms with van der Waals surface area (Å²) in [6.45, 7) is 0. The molecule has 0 aliphatic heterocycles. The molecule has 9 heteroatoms. The lowest BCUT2D eigenvalue weighted by molar-refractivity contribution is -0.119. The first-order valence-electron chi connectivity index (χ1n) is 14.1. The highest BCUT2D eigenvalue weighted by Crippen LogP contribution is 2.42. The van der Waals surface area contributed by atoms with E-state index < -0.39 is 11.7 Å². The van der Waals surface area contributed by atoms with Crippen molar-refractivity contribution in [3.05, 3.63) is 101 Å². The molecule has 1 aliphatic rings. The van der Waals surface area contributed by atoms with Crippen molar-refractivity contribution in [1.29, 1.82) is 0 Å². The summed E-state index contributed by atoms with van der Waals surface area (Å²) in [6, 6.07) is 21.9. The molecule has 3 heterocycles. The molecular weight excluding hydrogens is 565 g/mol. The van der Waals surface area contributed by atoms with E-state index in [9.17, 15) is 14.0 Å². The van der Waals surface area contributed by atoms with Crippen LogP contribution in [0.3, 0.4) is 0 Å². The van der Waals surface area contributed by atoms with Crippen molar-refractivity contribution in [1.82, 2.24) is 24.9 Å². The topological polar surface area (TPSA) is 92.2 Å². The number of halogens is 2. The molecule has 1 aliphatic carbocycles. The third kappa shape index (κ3) is 5.95. The monoisotopic (exact) mass is 595 g/mol. The van der Waals surface area contributed by atoms with Crippen LogP contribution in [0.5, 0.6) is 0 Å². The van der Waals surface area contributed by atoms with Gasteiger partial charge in [-0.2, -0.15) is 5.10 Å². The van der Waals surface area contributed by atoms with E-state index in [4.69, 9.17) is 11.4 Å². The number of amides is 1. The second-order valence-electron chi connectivity index (χ2n) is 10.7. The zero-order chi connectivity index (χ0) is 29.1. The smallest absolute Gasteiger partial charge is 0.343 e. The first-order valence-corrected chi connectivity index (χ1v) is 14.1. The highest BCUT2D eigenvalue weighted by Gasteiger charge is 2.39. The Morgan fingerprint density at radius 1 is 1.14 bits per heavy atom. The molecule has 0 radical (unpaired) electrons. The Balaban J connectivity index is 0.00000368. The molecular formula is C34H31ClFN5O2. The molecule has 1 unspecified atom stereocenters. The fourth-order valence-electron chi connectivity index (χ4n) is 5.60. The first-order chi connectivity index (χ1) is 20.5. The van der Waals surface area contributed by atoms with E-state index in [-0.39, 0.29) is 24.0 Å². The second kappa shape index (κ2) is 12.6. The van der Waals surface area contributed by atoms with Gasteiger partial charge in [0.2, 0.25) is 5.91 Å². The van der Waals surface area contributed by atoms with Crippen LogP contribution in [0.25, 0.3) is 38.9 Å². The van der Waals surface area contributed by atoms with Gasteiger partial charge in [0.05, 0.1) is 16.7 Å². The highest BCUT2D eigenvalue weighted by molar-refractivity contribution is 5.98. The number of carbonyl (C=O) groups excluding carboxylic acids is 1. The number of allylic oxidation sites excluding steroid dienone is 1. The van der Waals surface area contributed by atoms with Crippen LogP contribution < -0.4 is 11.0 Å². The minimum atomic E-state index is -1.20. The van der Waals surface area contributed by atoms with E-state index in [1.165, 1.54) is 16.6 Å². The van der Waals surface area contributed by atoms with E-state index in [2.05, 4.69) is 21.4 Å². The Kier molecular flexibility index (Phi) is 8.74. The number of rotatable bonds is 9. The van der Waals surface area contributed by atoms with Gasteiger partial charge in [0, 0.05) is 35.2 Å². The number of aromatic amines is 1. The van der Waals surface area contributed by atoms with E-state index in [1.807, 2.05) is 66.7 Å². The summed E-state index contributed by atoms with van der Waals surface area (Å²) in [6.07, 6.45) is 12.4. The molecule has 0 spiro atoms. The largest absolute Gasteiger partial charge is 0.347 e. The van der Waals surface area contributed by atoms with Crippen LogP contribution in [0, 0.1) is 12.3 Å². The molecule has 0 bridgehead atoms. The number of alkyl halides is 1. The van der Waals surface area contributed by atoms with Gasteiger partial charge >= 0.3 is 5.69 Å². The van der Waals surface area contributed by atoms with E-state index in [0.717, 1.165) is 58.1 Å². The SMILES string of the molecule is C#CCCCC(F)/C=C/C(=O)NC1(c2ccc(-c3nc4ccn5c(=O)[nH]nc5c4cc3-c3ccccc3)cc2)CCC1.Cl. The lowest BCUT2D eigenvalue weighted by Gasteiger charge is -2.43. The number of H-pyrrole nitrogens is 1. The van der Waals surface area contributed by atoms with Gasteiger partial charge in [-0.15, -0.1) is 24.8 Å². The van der Waals surface area contributed by atoms with Crippen LogP contribution in [0.2, 0.25) is 0 Å². The zero-order valence-corrected chi connectivity index (χ0v) is 24.2. The van der Waals surface area contributed by atoms with Gasteiger partial charge in [-0.25, -0.2) is 23.7 Å². The molecule has 2 aromatic carbocycles. The Labute approximate surface area is 254 Å². The lowest BCUT2D eigenvalue weighted by atomic mass is 9.71. The number of hydrogen-bond donors (Lipinski definition) is 2. The molecule has 5 aromatic rings. The third-order valence-electron chi connectivity index (χ3n) is 8.00. The minimum Gasteiger partial charge on any atom is -0.343 e. The average Bonchev–Trinajstić information content (AvgIpc) is 3.39. The number of nitrogens with zero attached hydrogens (tertiary/aromatic N) is 3. The fourth-order valence-corrected chi connectivity index (χ4v) is 5.60. The number of hydrogen-bond acceptors (Lipinski definition) is 4. The summed E-state index contributed by atoms with van der Waals surface area (Å²) in [4.78, 5) is 29.9. The van der Waals surface area contributed by atoms with Crippen molar-refractivity contribution in [2.75, 3.05) is 0 Å². The third-order valence-corrected chi connectivity index (χ3v) is 8.00. The lowest BCUT2D eigenvalue weighted by Crippen LogP contribution is -2.50. The van der Waals surface area contributed by atoms with Crippen molar-refractivity contribution < 1.29 is 9.18 Å². The van der Waals surface area contributed by atoms with Gasteiger partial charge in [0.15, 0.2) is 5.65 Å². The molecule has 7 nitrogen and oxygen atoms in total. The van der Waals surface area contributed by atoms with Gasteiger partial charge in [-0.05, 0) is 61.4 Å². The molecule has 1 fully saturated rings. The van der Waals surface area contributed by atoms with E-state index in [1.54, 1.807) is 6.20 Å². The Hall–Kier alpha value is -4.74. The second-order valence-corrected chi connectivity index (χ2v) is 10.7. The number of carbonyl (C=O) groups is 1.